The molecule has 2 rings (SSSR count). The highest BCUT2D eigenvalue weighted by atomic mass is 79.9. The van der Waals surface area contributed by atoms with E-state index < -0.39 is 0 Å². The molecule has 1 aliphatic heterocycles. The molecule has 1 aromatic rings. The third kappa shape index (κ3) is 4.05. The minimum Gasteiger partial charge on any atom is -0.480 e. The van der Waals surface area contributed by atoms with Gasteiger partial charge in [-0.3, -0.25) is 4.90 Å². The fourth-order valence-electron chi connectivity index (χ4n) is 2.71. The van der Waals surface area contributed by atoms with E-state index in [0.29, 0.717) is 11.9 Å². The summed E-state index contributed by atoms with van der Waals surface area (Å²) in [5.41, 5.74) is 5.89. The lowest BCUT2D eigenvalue weighted by atomic mass is 10.1. The first-order valence-corrected chi connectivity index (χ1v) is 8.24. The number of nitrogens with zero attached hydrogens (tertiary/aromatic N) is 4. The number of halogens is 1. The van der Waals surface area contributed by atoms with Crippen LogP contribution in [0, 0.1) is 0 Å². The largest absolute Gasteiger partial charge is 0.480 e. The van der Waals surface area contributed by atoms with Crippen molar-refractivity contribution >= 4 is 21.9 Å². The molecule has 1 fully saturated rings. The summed E-state index contributed by atoms with van der Waals surface area (Å²) in [7, 11) is 1.62. The average Bonchev–Trinajstić information content (AvgIpc) is 2.53. The van der Waals surface area contributed by atoms with Gasteiger partial charge in [0.05, 0.1) is 17.8 Å². The second kappa shape index (κ2) is 7.91. The lowest BCUT2D eigenvalue weighted by molar-refractivity contribution is 0.179. The molecule has 1 aromatic heterocycles. The highest BCUT2D eigenvalue weighted by Gasteiger charge is 2.24. The Morgan fingerprint density at radius 2 is 2.10 bits per heavy atom. The van der Waals surface area contributed by atoms with Gasteiger partial charge in [0.1, 0.15) is 0 Å². The van der Waals surface area contributed by atoms with E-state index in [1.165, 1.54) is 12.8 Å². The molecule has 6 nitrogen and oxygen atoms in total. The van der Waals surface area contributed by atoms with Crippen LogP contribution < -0.4 is 15.4 Å². The second-order valence-electron chi connectivity index (χ2n) is 5.23. The van der Waals surface area contributed by atoms with Crippen LogP contribution in [0.2, 0.25) is 0 Å². The minimum absolute atomic E-state index is 0.498. The van der Waals surface area contributed by atoms with Crippen molar-refractivity contribution in [1.29, 1.82) is 0 Å². The van der Waals surface area contributed by atoms with Gasteiger partial charge in [-0.2, -0.15) is 4.98 Å². The second-order valence-corrected chi connectivity index (χ2v) is 6.08. The molecule has 1 aliphatic rings. The third-order valence-corrected chi connectivity index (χ3v) is 4.44. The maximum Gasteiger partial charge on any atom is 0.232 e. The topological polar surface area (TPSA) is 67.5 Å². The van der Waals surface area contributed by atoms with Gasteiger partial charge >= 0.3 is 0 Å². The van der Waals surface area contributed by atoms with Gasteiger partial charge in [0, 0.05) is 38.8 Å². The first kappa shape index (κ1) is 16.5. The van der Waals surface area contributed by atoms with E-state index in [9.17, 15) is 0 Å². The van der Waals surface area contributed by atoms with Crippen LogP contribution in [0.5, 0.6) is 5.88 Å². The molecule has 1 unspecified atom stereocenters. The zero-order valence-corrected chi connectivity index (χ0v) is 14.3. The van der Waals surface area contributed by atoms with E-state index in [4.69, 9.17) is 10.5 Å². The summed E-state index contributed by atoms with van der Waals surface area (Å²) in [6.07, 6.45) is 4.08. The normalized spacial score (nSPS) is 17.8. The Labute approximate surface area is 134 Å². The van der Waals surface area contributed by atoms with Crippen molar-refractivity contribution in [2.45, 2.75) is 25.8 Å². The number of ether oxygens (including phenoxy) is 1. The molecule has 0 aromatic carbocycles. The van der Waals surface area contributed by atoms with Crippen molar-refractivity contribution in [1.82, 2.24) is 14.9 Å². The van der Waals surface area contributed by atoms with Crippen molar-refractivity contribution < 1.29 is 4.74 Å². The molecule has 0 spiro atoms. The van der Waals surface area contributed by atoms with Gasteiger partial charge in [0.2, 0.25) is 11.8 Å². The van der Waals surface area contributed by atoms with Crippen molar-refractivity contribution in [2.24, 2.45) is 5.73 Å². The summed E-state index contributed by atoms with van der Waals surface area (Å²) < 4.78 is 6.01. The molecule has 1 atom stereocenters. The Kier molecular flexibility index (Phi) is 6.20. The molecular weight excluding hydrogens is 334 g/mol. The van der Waals surface area contributed by atoms with Gasteiger partial charge in [-0.15, -0.1) is 0 Å². The molecule has 7 heteroatoms. The summed E-state index contributed by atoms with van der Waals surface area (Å²) in [4.78, 5) is 13.5. The van der Waals surface area contributed by atoms with E-state index in [2.05, 4.69) is 42.6 Å². The van der Waals surface area contributed by atoms with Crippen molar-refractivity contribution in [3.8, 4) is 5.88 Å². The van der Waals surface area contributed by atoms with E-state index in [1.807, 2.05) is 0 Å². The minimum atomic E-state index is 0.498. The van der Waals surface area contributed by atoms with Crippen LogP contribution in [-0.2, 0) is 0 Å². The molecule has 0 bridgehead atoms. The molecule has 118 valence electrons. The van der Waals surface area contributed by atoms with Gasteiger partial charge in [0.25, 0.3) is 0 Å². The van der Waals surface area contributed by atoms with Crippen LogP contribution >= 0.6 is 15.9 Å². The number of hydrogen-bond donors (Lipinski definition) is 1. The number of aromatic nitrogens is 2. The lowest BCUT2D eigenvalue weighted by Gasteiger charge is -2.39. The fourth-order valence-corrected chi connectivity index (χ4v) is 3.06. The van der Waals surface area contributed by atoms with Gasteiger partial charge in [-0.1, -0.05) is 13.3 Å². The van der Waals surface area contributed by atoms with Crippen LogP contribution in [-0.4, -0.2) is 60.7 Å². The van der Waals surface area contributed by atoms with Crippen LogP contribution in [0.3, 0.4) is 0 Å². The summed E-state index contributed by atoms with van der Waals surface area (Å²) in [6.45, 7) is 6.79. The Bertz CT molecular complexity index is 451. The van der Waals surface area contributed by atoms with Gasteiger partial charge < -0.3 is 15.4 Å². The quantitative estimate of drug-likeness (QED) is 0.831. The predicted molar refractivity (Wildman–Crippen MR) is 87.8 cm³/mol. The van der Waals surface area contributed by atoms with Crippen molar-refractivity contribution in [3.63, 3.8) is 0 Å². The highest BCUT2D eigenvalue weighted by Crippen LogP contribution is 2.24. The van der Waals surface area contributed by atoms with Crippen molar-refractivity contribution in [2.75, 3.05) is 44.7 Å². The maximum absolute atomic E-state index is 5.89. The molecule has 0 saturated carbocycles. The lowest BCUT2D eigenvalue weighted by Crippen LogP contribution is -2.52. The van der Waals surface area contributed by atoms with Crippen LogP contribution in [0.15, 0.2) is 10.7 Å². The molecule has 2 N–H and O–H groups in total. The molecule has 0 aliphatic carbocycles. The number of anilines is 1. The SMILES string of the molecule is CCCC(CN)N1CCN(c2ncc(Br)c(OC)n2)CC1. The van der Waals surface area contributed by atoms with Gasteiger partial charge in [-0.25, -0.2) is 4.98 Å². The monoisotopic (exact) mass is 357 g/mol. The maximum atomic E-state index is 5.89. The summed E-state index contributed by atoms with van der Waals surface area (Å²) in [5.74, 6) is 1.31. The van der Waals surface area contributed by atoms with E-state index >= 15 is 0 Å². The van der Waals surface area contributed by atoms with E-state index in [-0.39, 0.29) is 0 Å². The number of rotatable bonds is 6. The van der Waals surface area contributed by atoms with E-state index in [0.717, 1.165) is 43.1 Å². The molecule has 0 amide bonds. The average molecular weight is 358 g/mol. The number of nitrogens with two attached hydrogens (primary N) is 1. The molecule has 0 radical (unpaired) electrons. The van der Waals surface area contributed by atoms with Gasteiger partial charge in [0.15, 0.2) is 0 Å². The van der Waals surface area contributed by atoms with Crippen LogP contribution in [0.4, 0.5) is 5.95 Å². The van der Waals surface area contributed by atoms with Crippen LogP contribution in [0.25, 0.3) is 0 Å². The molecular formula is C14H24BrN5O. The Morgan fingerprint density at radius 3 is 2.67 bits per heavy atom. The first-order chi connectivity index (χ1) is 10.2. The van der Waals surface area contributed by atoms with E-state index in [1.54, 1.807) is 13.3 Å². The predicted octanol–water partition coefficient (Wildman–Crippen LogP) is 1.50. The molecule has 21 heavy (non-hydrogen) atoms. The van der Waals surface area contributed by atoms with Gasteiger partial charge in [-0.05, 0) is 22.4 Å². The van der Waals surface area contributed by atoms with Crippen molar-refractivity contribution in [3.05, 3.63) is 10.7 Å². The number of hydrogen-bond acceptors (Lipinski definition) is 6. The summed E-state index contributed by atoms with van der Waals surface area (Å²) in [6, 6.07) is 0.498. The third-order valence-electron chi connectivity index (χ3n) is 3.90. The number of methoxy groups -OCH3 is 1. The molecule has 2 heterocycles. The standard InChI is InChI=1S/C14H24BrN5O/c1-3-4-11(9-16)19-5-7-20(8-6-19)14-17-10-12(15)13(18-14)21-2/h10-11H,3-9,16H2,1-2H3. The Hall–Kier alpha value is -0.920. The molecule has 1 saturated heterocycles. The first-order valence-electron chi connectivity index (χ1n) is 7.45. The zero-order chi connectivity index (χ0) is 15.2. The Balaban J connectivity index is 1.97. The highest BCUT2D eigenvalue weighted by molar-refractivity contribution is 9.10. The summed E-state index contributed by atoms with van der Waals surface area (Å²) >= 11 is 3.38. The summed E-state index contributed by atoms with van der Waals surface area (Å²) in [5, 5.41) is 0. The van der Waals surface area contributed by atoms with Crippen LogP contribution in [0.1, 0.15) is 19.8 Å². The zero-order valence-electron chi connectivity index (χ0n) is 12.8. The smallest absolute Gasteiger partial charge is 0.232 e. The fraction of sp³-hybridized carbons (Fsp3) is 0.714. The number of piperazine rings is 1. The Morgan fingerprint density at radius 1 is 1.38 bits per heavy atom.